The van der Waals surface area contributed by atoms with Gasteiger partial charge in [0.15, 0.2) is 5.54 Å². The highest BCUT2D eigenvalue weighted by atomic mass is 19.1. The molecule has 2 aromatic rings. The van der Waals surface area contributed by atoms with Crippen LogP contribution in [0.3, 0.4) is 0 Å². The molecule has 0 bridgehead atoms. The van der Waals surface area contributed by atoms with Crippen molar-refractivity contribution in [2.45, 2.75) is 43.7 Å². The predicted molar refractivity (Wildman–Crippen MR) is 114 cm³/mol. The van der Waals surface area contributed by atoms with Gasteiger partial charge in [0.2, 0.25) is 5.91 Å². The number of nitrogens with zero attached hydrogens (tertiary/aromatic N) is 1. The molecule has 1 atom stereocenters. The van der Waals surface area contributed by atoms with Crippen molar-refractivity contribution in [1.82, 2.24) is 5.32 Å². The summed E-state index contributed by atoms with van der Waals surface area (Å²) < 4.78 is 19.9. The second-order valence-corrected chi connectivity index (χ2v) is 7.81. The van der Waals surface area contributed by atoms with Crippen LogP contribution < -0.4 is 15.0 Å². The summed E-state index contributed by atoms with van der Waals surface area (Å²) >= 11 is 0. The Kier molecular flexibility index (Phi) is 5.57. The fraction of sp³-hybridized carbons (Fsp3) is 0.333. The molecule has 1 heterocycles. The van der Waals surface area contributed by atoms with Crippen LogP contribution in [0.4, 0.5) is 10.1 Å². The molecule has 1 aliphatic carbocycles. The minimum Gasteiger partial charge on any atom is -0.496 e. The number of carbonyl (C=O) groups is 2. The van der Waals surface area contributed by atoms with Crippen LogP contribution in [-0.2, 0) is 9.59 Å². The van der Waals surface area contributed by atoms with Gasteiger partial charge in [-0.3, -0.25) is 14.5 Å². The lowest BCUT2D eigenvalue weighted by molar-refractivity contribution is -0.137. The fourth-order valence-corrected chi connectivity index (χ4v) is 4.31. The molecule has 1 saturated heterocycles. The number of nitrogens with one attached hydrogen (secondary N) is 1. The van der Waals surface area contributed by atoms with Gasteiger partial charge in [-0.15, -0.1) is 0 Å². The van der Waals surface area contributed by atoms with E-state index in [1.54, 1.807) is 31.4 Å². The van der Waals surface area contributed by atoms with Gasteiger partial charge in [-0.25, -0.2) is 4.39 Å². The lowest BCUT2D eigenvalue weighted by atomic mass is 9.80. The number of anilines is 1. The summed E-state index contributed by atoms with van der Waals surface area (Å²) in [4.78, 5) is 27.3. The molecule has 30 heavy (non-hydrogen) atoms. The van der Waals surface area contributed by atoms with E-state index in [-0.39, 0.29) is 30.0 Å². The zero-order valence-corrected chi connectivity index (χ0v) is 16.9. The van der Waals surface area contributed by atoms with Gasteiger partial charge in [0, 0.05) is 11.6 Å². The monoisotopic (exact) mass is 408 g/mol. The first-order chi connectivity index (χ1) is 14.5. The Bertz CT molecular complexity index is 984. The molecule has 4 rings (SSSR count). The van der Waals surface area contributed by atoms with Crippen molar-refractivity contribution in [3.63, 3.8) is 0 Å². The van der Waals surface area contributed by atoms with Crippen LogP contribution in [0.5, 0.6) is 5.75 Å². The number of para-hydroxylation sites is 2. The van der Waals surface area contributed by atoms with Crippen molar-refractivity contribution < 1.29 is 18.7 Å². The van der Waals surface area contributed by atoms with Crippen molar-refractivity contribution in [2.24, 2.45) is 0 Å². The molecule has 6 heteroatoms. The van der Waals surface area contributed by atoms with E-state index < -0.39 is 11.4 Å². The maximum atomic E-state index is 14.6. The number of rotatable bonds is 6. The van der Waals surface area contributed by atoms with Gasteiger partial charge in [-0.2, -0.15) is 0 Å². The van der Waals surface area contributed by atoms with Gasteiger partial charge < -0.3 is 10.1 Å². The van der Waals surface area contributed by atoms with Crippen LogP contribution in [-0.4, -0.2) is 30.5 Å². The number of ether oxygens (including phenoxy) is 1. The molecule has 5 nitrogen and oxygen atoms in total. The SMILES string of the molecule is COc1ccccc1/C=C/[C@]1(C(=O)NC2CCCC2)CC(=O)N1c1ccccc1F. The number of hydrogen-bond donors (Lipinski definition) is 1. The summed E-state index contributed by atoms with van der Waals surface area (Å²) in [6, 6.07) is 13.6. The lowest BCUT2D eigenvalue weighted by Crippen LogP contribution is -2.70. The first kappa shape index (κ1) is 20.1. The minimum atomic E-state index is -1.28. The van der Waals surface area contributed by atoms with Crippen molar-refractivity contribution in [3.8, 4) is 5.75 Å². The van der Waals surface area contributed by atoms with Crippen LogP contribution in [0.15, 0.2) is 54.6 Å². The van der Waals surface area contributed by atoms with Gasteiger partial charge in [-0.1, -0.05) is 49.2 Å². The average Bonchev–Trinajstić information content (AvgIpc) is 3.25. The van der Waals surface area contributed by atoms with Crippen molar-refractivity contribution in [3.05, 3.63) is 66.0 Å². The molecule has 0 unspecified atom stereocenters. The topological polar surface area (TPSA) is 58.6 Å². The third-order valence-electron chi connectivity index (χ3n) is 5.92. The summed E-state index contributed by atoms with van der Waals surface area (Å²) in [6.45, 7) is 0. The first-order valence-electron chi connectivity index (χ1n) is 10.3. The Hall–Kier alpha value is -3.15. The van der Waals surface area contributed by atoms with E-state index >= 15 is 0 Å². The van der Waals surface area contributed by atoms with Crippen LogP contribution in [0.2, 0.25) is 0 Å². The second kappa shape index (κ2) is 8.30. The van der Waals surface area contributed by atoms with Crippen molar-refractivity contribution in [2.75, 3.05) is 12.0 Å². The smallest absolute Gasteiger partial charge is 0.251 e. The highest BCUT2D eigenvalue weighted by Gasteiger charge is 2.56. The zero-order valence-electron chi connectivity index (χ0n) is 16.9. The quantitative estimate of drug-likeness (QED) is 0.733. The maximum Gasteiger partial charge on any atom is 0.251 e. The molecule has 1 saturated carbocycles. The Morgan fingerprint density at radius 1 is 1.17 bits per heavy atom. The zero-order chi connectivity index (χ0) is 21.1. The highest BCUT2D eigenvalue weighted by Crippen LogP contribution is 2.41. The van der Waals surface area contributed by atoms with E-state index in [0.717, 1.165) is 31.2 Å². The van der Waals surface area contributed by atoms with Crippen LogP contribution in [0, 0.1) is 5.82 Å². The second-order valence-electron chi connectivity index (χ2n) is 7.81. The molecule has 2 aliphatic rings. The number of methoxy groups -OCH3 is 1. The Balaban J connectivity index is 1.73. The minimum absolute atomic E-state index is 0.00840. The molecule has 2 fully saturated rings. The van der Waals surface area contributed by atoms with Crippen molar-refractivity contribution in [1.29, 1.82) is 0 Å². The van der Waals surface area contributed by atoms with E-state index in [1.165, 1.54) is 17.0 Å². The summed E-state index contributed by atoms with van der Waals surface area (Å²) in [5.74, 6) is -0.438. The number of carbonyl (C=O) groups excluding carboxylic acids is 2. The number of amides is 2. The van der Waals surface area contributed by atoms with E-state index in [0.29, 0.717) is 5.75 Å². The summed E-state index contributed by atoms with van der Waals surface area (Å²) in [5.41, 5.74) is -0.385. The lowest BCUT2D eigenvalue weighted by Gasteiger charge is -2.49. The Morgan fingerprint density at radius 2 is 1.87 bits per heavy atom. The van der Waals surface area contributed by atoms with Crippen molar-refractivity contribution >= 4 is 23.6 Å². The fourth-order valence-electron chi connectivity index (χ4n) is 4.31. The molecular weight excluding hydrogens is 383 g/mol. The van der Waals surface area contributed by atoms with Crippen LogP contribution >= 0.6 is 0 Å². The molecule has 156 valence electrons. The van der Waals surface area contributed by atoms with Crippen LogP contribution in [0.1, 0.15) is 37.7 Å². The van der Waals surface area contributed by atoms with Gasteiger partial charge in [0.25, 0.3) is 5.91 Å². The van der Waals surface area contributed by atoms with E-state index in [1.807, 2.05) is 24.3 Å². The molecule has 0 spiro atoms. The van der Waals surface area contributed by atoms with Crippen LogP contribution in [0.25, 0.3) is 6.08 Å². The number of benzene rings is 2. The summed E-state index contributed by atoms with van der Waals surface area (Å²) in [6.07, 6.45) is 7.45. The van der Waals surface area contributed by atoms with Gasteiger partial charge in [0.1, 0.15) is 11.6 Å². The first-order valence-corrected chi connectivity index (χ1v) is 10.3. The molecule has 2 aromatic carbocycles. The maximum absolute atomic E-state index is 14.6. The number of halogens is 1. The molecule has 0 aromatic heterocycles. The Morgan fingerprint density at radius 3 is 2.57 bits per heavy atom. The molecule has 0 radical (unpaired) electrons. The Labute approximate surface area is 175 Å². The van der Waals surface area contributed by atoms with Gasteiger partial charge in [-0.05, 0) is 37.1 Å². The molecular formula is C24H25FN2O3. The van der Waals surface area contributed by atoms with E-state index in [9.17, 15) is 14.0 Å². The van der Waals surface area contributed by atoms with Gasteiger partial charge in [0.05, 0.1) is 19.2 Å². The van der Waals surface area contributed by atoms with Gasteiger partial charge >= 0.3 is 0 Å². The predicted octanol–water partition coefficient (Wildman–Crippen LogP) is 4.08. The van der Waals surface area contributed by atoms with E-state index in [2.05, 4.69) is 5.32 Å². The van der Waals surface area contributed by atoms with E-state index in [4.69, 9.17) is 4.74 Å². The highest BCUT2D eigenvalue weighted by molar-refractivity contribution is 6.15. The number of hydrogen-bond acceptors (Lipinski definition) is 3. The summed E-state index contributed by atoms with van der Waals surface area (Å²) in [7, 11) is 1.58. The third kappa shape index (κ3) is 3.58. The molecule has 2 amide bonds. The summed E-state index contributed by atoms with van der Waals surface area (Å²) in [5, 5.41) is 3.09. The third-order valence-corrected chi connectivity index (χ3v) is 5.92. The largest absolute Gasteiger partial charge is 0.496 e. The average molecular weight is 408 g/mol. The standard InChI is InChI=1S/C24H25FN2O3/c1-30-21-13-7-2-8-17(21)14-15-24(23(29)26-18-9-3-4-10-18)16-22(28)27(24)20-12-6-5-11-19(20)25/h2,5-8,11-15,18H,3-4,9-10,16H2,1H3,(H,26,29)/b15-14+/t24-/m1/s1. The molecule has 1 N–H and O–H groups in total. The normalized spacial score (nSPS) is 21.7. The number of β-lactam (4-membered cyclic amide) rings is 1. The molecule has 1 aliphatic heterocycles.